The molecule has 0 spiro atoms. The predicted molar refractivity (Wildman–Crippen MR) is 56.1 cm³/mol. The number of aliphatic hydroxyl groups is 1. The van der Waals surface area contributed by atoms with E-state index in [0.717, 1.165) is 0 Å². The van der Waals surface area contributed by atoms with Gasteiger partial charge in [-0.2, -0.15) is 8.78 Å². The molecule has 0 amide bonds. The fourth-order valence-corrected chi connectivity index (χ4v) is 1.95. The Bertz CT molecular complexity index is 448. The molecule has 1 N–H and O–H groups in total. The highest BCUT2D eigenvalue weighted by atomic mass is 19.3. The molecule has 1 aliphatic rings. The summed E-state index contributed by atoms with van der Waals surface area (Å²) in [7, 11) is 0. The first kappa shape index (κ1) is 13.1. The minimum absolute atomic E-state index is 0.0806. The molecule has 2 unspecified atom stereocenters. The van der Waals surface area contributed by atoms with E-state index >= 15 is 0 Å². The summed E-state index contributed by atoms with van der Waals surface area (Å²) in [6.07, 6.45) is -5.99. The van der Waals surface area contributed by atoms with Crippen molar-refractivity contribution in [2.24, 2.45) is 0 Å². The lowest BCUT2D eigenvalue weighted by Gasteiger charge is -2.22. The van der Waals surface area contributed by atoms with Crippen molar-refractivity contribution in [3.8, 4) is 5.75 Å². The van der Waals surface area contributed by atoms with Crippen LogP contribution >= 0.6 is 0 Å². The zero-order valence-corrected chi connectivity index (χ0v) is 9.54. The Kier molecular flexibility index (Phi) is 3.23. The highest BCUT2D eigenvalue weighted by Gasteiger charge is 2.49. The summed E-state index contributed by atoms with van der Waals surface area (Å²) < 4.78 is 55.7. The van der Waals surface area contributed by atoms with Crippen LogP contribution in [-0.4, -0.2) is 23.6 Å². The summed E-state index contributed by atoms with van der Waals surface area (Å²) in [5, 5.41) is 9.35. The lowest BCUT2D eigenvalue weighted by Crippen LogP contribution is -2.34. The molecule has 0 fully saturated rings. The summed E-state index contributed by atoms with van der Waals surface area (Å²) in [5.41, 5.74) is 0.417. The van der Waals surface area contributed by atoms with Gasteiger partial charge < -0.3 is 9.84 Å². The fourth-order valence-electron chi connectivity index (χ4n) is 1.95. The van der Waals surface area contributed by atoms with Crippen molar-refractivity contribution in [1.29, 1.82) is 0 Å². The number of halogens is 4. The average Bonchev–Trinajstić information content (AvgIpc) is 2.66. The third kappa shape index (κ3) is 2.16. The van der Waals surface area contributed by atoms with Crippen molar-refractivity contribution >= 4 is 0 Å². The van der Waals surface area contributed by atoms with Crippen molar-refractivity contribution in [2.45, 2.75) is 37.9 Å². The van der Waals surface area contributed by atoms with E-state index in [1.54, 1.807) is 0 Å². The van der Waals surface area contributed by atoms with E-state index in [-0.39, 0.29) is 11.7 Å². The number of hydrogen-bond acceptors (Lipinski definition) is 2. The molecule has 0 saturated heterocycles. The van der Waals surface area contributed by atoms with Crippen LogP contribution in [0, 0.1) is 0 Å². The number of ether oxygens (including phenoxy) is 1. The molecule has 1 aliphatic heterocycles. The number of hydrogen-bond donors (Lipinski definition) is 1. The minimum atomic E-state index is -4.46. The molecule has 1 heterocycles. The molecule has 0 aliphatic carbocycles. The van der Waals surface area contributed by atoms with Gasteiger partial charge >= 0.3 is 12.3 Å². The van der Waals surface area contributed by atoms with Crippen LogP contribution in [0.1, 0.15) is 24.2 Å². The maximum atomic E-state index is 13.0. The van der Waals surface area contributed by atoms with Crippen LogP contribution < -0.4 is 4.74 Å². The van der Waals surface area contributed by atoms with E-state index in [0.29, 0.717) is 17.7 Å². The van der Waals surface area contributed by atoms with Gasteiger partial charge in [0.05, 0.1) is 0 Å². The lowest BCUT2D eigenvalue weighted by atomic mass is 10.00. The monoisotopic (exact) mass is 264 g/mol. The van der Waals surface area contributed by atoms with Crippen molar-refractivity contribution in [3.63, 3.8) is 0 Å². The molecule has 2 atom stereocenters. The van der Waals surface area contributed by atoms with Gasteiger partial charge in [0, 0.05) is 6.42 Å². The molecular formula is C12H12F4O2. The summed E-state index contributed by atoms with van der Waals surface area (Å²) in [4.78, 5) is 0. The summed E-state index contributed by atoms with van der Waals surface area (Å²) in [6.45, 7) is 1.81. The molecule has 2 nitrogen and oxygen atoms in total. The second kappa shape index (κ2) is 4.42. The van der Waals surface area contributed by atoms with Gasteiger partial charge in [-0.3, -0.25) is 0 Å². The standard InChI is InChI=1S/C12H12F4O2/c1-6-4-8-5-7(2-3-9(8)18-6)10(17)12(15,16)11(13)14/h2-3,5-6,10-11,17H,4H2,1H3. The third-order valence-corrected chi connectivity index (χ3v) is 2.89. The molecule has 1 aromatic carbocycles. The Balaban J connectivity index is 2.28. The number of rotatable bonds is 3. The maximum Gasteiger partial charge on any atom is 0.336 e. The predicted octanol–water partition coefficient (Wildman–Crippen LogP) is 2.94. The van der Waals surface area contributed by atoms with Gasteiger partial charge in [0.2, 0.25) is 0 Å². The molecule has 0 radical (unpaired) electrons. The largest absolute Gasteiger partial charge is 0.490 e. The van der Waals surface area contributed by atoms with E-state index < -0.39 is 18.5 Å². The second-order valence-electron chi connectivity index (χ2n) is 4.38. The van der Waals surface area contributed by atoms with Crippen molar-refractivity contribution in [1.82, 2.24) is 0 Å². The first-order chi connectivity index (χ1) is 8.32. The Morgan fingerprint density at radius 2 is 2.06 bits per heavy atom. The van der Waals surface area contributed by atoms with E-state index in [2.05, 4.69) is 0 Å². The number of aliphatic hydroxyl groups excluding tert-OH is 1. The average molecular weight is 264 g/mol. The Labute approximate surface area is 101 Å². The quantitative estimate of drug-likeness (QED) is 0.850. The highest BCUT2D eigenvalue weighted by Crippen LogP contribution is 2.39. The number of benzene rings is 1. The molecule has 1 aromatic rings. The molecule has 0 saturated carbocycles. The first-order valence-corrected chi connectivity index (χ1v) is 5.46. The molecular weight excluding hydrogens is 252 g/mol. The minimum Gasteiger partial charge on any atom is -0.490 e. The normalized spacial score (nSPS) is 20.7. The number of alkyl halides is 4. The van der Waals surface area contributed by atoms with Crippen LogP contribution in [0.2, 0.25) is 0 Å². The second-order valence-corrected chi connectivity index (χ2v) is 4.38. The van der Waals surface area contributed by atoms with Crippen LogP contribution in [0.5, 0.6) is 5.75 Å². The molecule has 100 valence electrons. The van der Waals surface area contributed by atoms with Gasteiger partial charge in [0.25, 0.3) is 0 Å². The van der Waals surface area contributed by atoms with Crippen LogP contribution in [-0.2, 0) is 6.42 Å². The van der Waals surface area contributed by atoms with Gasteiger partial charge in [0.1, 0.15) is 18.0 Å². The Morgan fingerprint density at radius 3 is 2.67 bits per heavy atom. The van der Waals surface area contributed by atoms with Crippen LogP contribution in [0.3, 0.4) is 0 Å². The Morgan fingerprint density at radius 1 is 1.39 bits per heavy atom. The van der Waals surface area contributed by atoms with Crippen molar-refractivity contribution in [3.05, 3.63) is 29.3 Å². The van der Waals surface area contributed by atoms with E-state index in [4.69, 9.17) is 4.74 Å². The topological polar surface area (TPSA) is 29.5 Å². The van der Waals surface area contributed by atoms with Crippen LogP contribution in [0.15, 0.2) is 18.2 Å². The van der Waals surface area contributed by atoms with Gasteiger partial charge in [-0.15, -0.1) is 0 Å². The van der Waals surface area contributed by atoms with Crippen LogP contribution in [0.4, 0.5) is 17.6 Å². The maximum absolute atomic E-state index is 13.0. The van der Waals surface area contributed by atoms with Gasteiger partial charge in [-0.1, -0.05) is 6.07 Å². The lowest BCUT2D eigenvalue weighted by molar-refractivity contribution is -0.193. The van der Waals surface area contributed by atoms with E-state index in [1.807, 2.05) is 6.92 Å². The zero-order valence-electron chi connectivity index (χ0n) is 9.54. The number of fused-ring (bicyclic) bond motifs is 1. The molecule has 18 heavy (non-hydrogen) atoms. The molecule has 2 rings (SSSR count). The Hall–Kier alpha value is -1.30. The van der Waals surface area contributed by atoms with Gasteiger partial charge in [-0.25, -0.2) is 8.78 Å². The van der Waals surface area contributed by atoms with Crippen LogP contribution in [0.25, 0.3) is 0 Å². The van der Waals surface area contributed by atoms with E-state index in [1.165, 1.54) is 18.2 Å². The van der Waals surface area contributed by atoms with Crippen molar-refractivity contribution in [2.75, 3.05) is 0 Å². The summed E-state index contributed by atoms with van der Waals surface area (Å²) >= 11 is 0. The smallest absolute Gasteiger partial charge is 0.336 e. The SMILES string of the molecule is CC1Cc2cc(C(O)C(F)(F)C(F)F)ccc2O1. The van der Waals surface area contributed by atoms with Gasteiger partial charge in [0.15, 0.2) is 0 Å². The molecule has 0 bridgehead atoms. The third-order valence-electron chi connectivity index (χ3n) is 2.89. The van der Waals surface area contributed by atoms with E-state index in [9.17, 15) is 22.7 Å². The van der Waals surface area contributed by atoms with Crippen molar-refractivity contribution < 1.29 is 27.4 Å². The van der Waals surface area contributed by atoms with Gasteiger partial charge in [-0.05, 0) is 30.2 Å². The summed E-state index contributed by atoms with van der Waals surface area (Å²) in [5.74, 6) is -3.92. The summed E-state index contributed by atoms with van der Waals surface area (Å²) in [6, 6.07) is 3.89. The molecule has 6 heteroatoms. The first-order valence-electron chi connectivity index (χ1n) is 5.46. The highest BCUT2D eigenvalue weighted by molar-refractivity contribution is 5.41. The molecule has 0 aromatic heterocycles. The zero-order chi connectivity index (χ0) is 13.5. The fraction of sp³-hybridized carbons (Fsp3) is 0.500.